The monoisotopic (exact) mass is 421 g/mol. The number of carbonyl (C=O) groups is 2. The Morgan fingerprint density at radius 3 is 2.40 bits per heavy atom. The van der Waals surface area contributed by atoms with Crippen molar-refractivity contribution in [1.29, 1.82) is 0 Å². The Labute approximate surface area is 179 Å². The van der Waals surface area contributed by atoms with Gasteiger partial charge in [-0.2, -0.15) is 0 Å². The summed E-state index contributed by atoms with van der Waals surface area (Å²) in [6, 6.07) is 7.31. The highest BCUT2D eigenvalue weighted by atomic mass is 16.6. The van der Waals surface area contributed by atoms with Gasteiger partial charge in [0.2, 0.25) is 0 Å². The molecular formula is C23H35NO6. The van der Waals surface area contributed by atoms with E-state index in [2.05, 4.69) is 0 Å². The first-order valence-corrected chi connectivity index (χ1v) is 10.9. The van der Waals surface area contributed by atoms with E-state index in [1.807, 2.05) is 38.1 Å². The van der Waals surface area contributed by atoms with Crippen LogP contribution in [0.5, 0.6) is 5.75 Å². The van der Waals surface area contributed by atoms with Gasteiger partial charge >= 0.3 is 12.1 Å². The summed E-state index contributed by atoms with van der Waals surface area (Å²) in [5, 5.41) is 9.20. The minimum Gasteiger partial charge on any atom is -0.492 e. The van der Waals surface area contributed by atoms with E-state index in [4.69, 9.17) is 14.2 Å². The van der Waals surface area contributed by atoms with Gasteiger partial charge in [0.25, 0.3) is 0 Å². The Hall–Kier alpha value is -2.28. The van der Waals surface area contributed by atoms with Crippen LogP contribution in [0.25, 0.3) is 0 Å². The maximum atomic E-state index is 12.4. The molecule has 2 rings (SSSR count). The van der Waals surface area contributed by atoms with E-state index in [0.29, 0.717) is 44.4 Å². The van der Waals surface area contributed by atoms with Gasteiger partial charge in [0, 0.05) is 19.6 Å². The van der Waals surface area contributed by atoms with Crippen LogP contribution < -0.4 is 4.74 Å². The Morgan fingerprint density at radius 2 is 1.83 bits per heavy atom. The van der Waals surface area contributed by atoms with Gasteiger partial charge in [-0.05, 0) is 57.2 Å². The molecule has 1 aromatic carbocycles. The topological polar surface area (TPSA) is 85.3 Å². The van der Waals surface area contributed by atoms with Crippen molar-refractivity contribution >= 4 is 12.1 Å². The third-order valence-corrected chi connectivity index (χ3v) is 5.17. The number of amides is 1. The number of hydrogen-bond donors (Lipinski definition) is 1. The fourth-order valence-corrected chi connectivity index (χ4v) is 3.67. The number of carboxylic acid groups (broad SMARTS) is 1. The summed E-state index contributed by atoms with van der Waals surface area (Å²) in [5.74, 6) is 0.254. The van der Waals surface area contributed by atoms with Crippen LogP contribution in [0.2, 0.25) is 0 Å². The summed E-state index contributed by atoms with van der Waals surface area (Å²) in [6.45, 7) is 7.38. The van der Waals surface area contributed by atoms with Crippen LogP contribution in [0.15, 0.2) is 24.3 Å². The zero-order chi connectivity index (χ0) is 21.9. The maximum Gasteiger partial charge on any atom is 0.410 e. The molecule has 1 amide bonds. The van der Waals surface area contributed by atoms with Gasteiger partial charge in [-0.3, -0.25) is 0 Å². The van der Waals surface area contributed by atoms with Gasteiger partial charge in [0.1, 0.15) is 12.4 Å². The molecule has 1 aromatic rings. The highest BCUT2D eigenvalue weighted by Crippen LogP contribution is 2.25. The fraction of sp³-hybridized carbons (Fsp3) is 0.652. The summed E-state index contributed by atoms with van der Waals surface area (Å²) < 4.78 is 16.5. The van der Waals surface area contributed by atoms with E-state index in [-0.39, 0.29) is 12.2 Å². The molecule has 0 heterocycles. The minimum absolute atomic E-state index is 0.150. The summed E-state index contributed by atoms with van der Waals surface area (Å²) in [7, 11) is 0. The molecule has 0 radical (unpaired) electrons. The smallest absolute Gasteiger partial charge is 0.410 e. The summed E-state index contributed by atoms with van der Waals surface area (Å²) in [4.78, 5) is 25.4. The highest BCUT2D eigenvalue weighted by Gasteiger charge is 2.23. The van der Waals surface area contributed by atoms with Crippen LogP contribution in [0.4, 0.5) is 4.79 Å². The maximum absolute atomic E-state index is 12.4. The van der Waals surface area contributed by atoms with Crippen molar-refractivity contribution in [3.05, 3.63) is 29.8 Å². The van der Waals surface area contributed by atoms with Crippen molar-refractivity contribution in [2.24, 2.45) is 5.92 Å². The predicted molar refractivity (Wildman–Crippen MR) is 114 cm³/mol. The summed E-state index contributed by atoms with van der Waals surface area (Å²) >= 11 is 0. The van der Waals surface area contributed by atoms with E-state index >= 15 is 0 Å². The highest BCUT2D eigenvalue weighted by molar-refractivity contribution is 5.72. The number of benzene rings is 1. The number of carbonyl (C=O) groups excluding carboxylic acids is 1. The van der Waals surface area contributed by atoms with Crippen LogP contribution in [-0.4, -0.2) is 60.6 Å². The molecule has 1 saturated carbocycles. The second kappa shape index (κ2) is 12.4. The molecule has 0 bridgehead atoms. The quantitative estimate of drug-likeness (QED) is 0.546. The largest absolute Gasteiger partial charge is 0.492 e. The number of aliphatic carboxylic acids is 1. The Balaban J connectivity index is 1.85. The lowest BCUT2D eigenvalue weighted by Gasteiger charge is -2.26. The number of rotatable bonds is 12. The molecule has 0 aromatic heterocycles. The molecule has 1 aliphatic carbocycles. The lowest BCUT2D eigenvalue weighted by atomic mass is 10.1. The third-order valence-electron chi connectivity index (χ3n) is 5.17. The molecular weight excluding hydrogens is 386 g/mol. The Kier molecular flexibility index (Phi) is 9.94. The number of hydrogen-bond acceptors (Lipinski definition) is 5. The van der Waals surface area contributed by atoms with Crippen molar-refractivity contribution in [2.75, 3.05) is 26.3 Å². The van der Waals surface area contributed by atoms with Gasteiger partial charge in [0.05, 0.1) is 12.6 Å². The van der Waals surface area contributed by atoms with E-state index in [9.17, 15) is 14.7 Å². The van der Waals surface area contributed by atoms with Crippen LogP contribution in [0, 0.1) is 5.92 Å². The first-order chi connectivity index (χ1) is 14.4. The predicted octanol–water partition coefficient (Wildman–Crippen LogP) is 4.13. The van der Waals surface area contributed by atoms with Gasteiger partial charge in [-0.1, -0.05) is 25.0 Å². The van der Waals surface area contributed by atoms with Crippen molar-refractivity contribution in [1.82, 2.24) is 4.90 Å². The Morgan fingerprint density at radius 1 is 1.17 bits per heavy atom. The zero-order valence-electron chi connectivity index (χ0n) is 18.3. The molecule has 1 fully saturated rings. The molecule has 168 valence electrons. The van der Waals surface area contributed by atoms with Crippen LogP contribution in [0.1, 0.15) is 52.0 Å². The lowest BCUT2D eigenvalue weighted by Crippen LogP contribution is -2.39. The molecule has 1 aliphatic rings. The van der Waals surface area contributed by atoms with Gasteiger partial charge in [-0.25, -0.2) is 9.59 Å². The molecule has 1 atom stereocenters. The molecule has 0 spiro atoms. The van der Waals surface area contributed by atoms with Crippen molar-refractivity contribution in [3.63, 3.8) is 0 Å². The summed E-state index contributed by atoms with van der Waals surface area (Å²) in [6.07, 6.45) is 3.80. The number of nitrogens with zero attached hydrogens (tertiary/aromatic N) is 1. The second-order valence-electron chi connectivity index (χ2n) is 8.01. The van der Waals surface area contributed by atoms with Crippen LogP contribution in [0.3, 0.4) is 0 Å². The molecule has 0 aliphatic heterocycles. The lowest BCUT2D eigenvalue weighted by molar-refractivity contribution is -0.149. The molecule has 0 saturated heterocycles. The van der Waals surface area contributed by atoms with Crippen molar-refractivity contribution in [2.45, 2.75) is 65.1 Å². The summed E-state index contributed by atoms with van der Waals surface area (Å²) in [5.41, 5.74) is 0.867. The first-order valence-electron chi connectivity index (χ1n) is 10.9. The van der Waals surface area contributed by atoms with Crippen molar-refractivity contribution in [3.8, 4) is 5.75 Å². The van der Waals surface area contributed by atoms with Gasteiger partial charge in [0.15, 0.2) is 6.10 Å². The van der Waals surface area contributed by atoms with Gasteiger partial charge < -0.3 is 24.2 Å². The third kappa shape index (κ3) is 8.22. The molecule has 7 nitrogen and oxygen atoms in total. The number of ether oxygens (including phenoxy) is 3. The first kappa shape index (κ1) is 24.0. The number of carboxylic acids is 1. The molecule has 7 heteroatoms. The standard InChI is InChI=1S/C23H35NO6/c1-4-28-21(22(25)26)15-18-9-11-20(12-10-18)29-14-13-24(23(27)30-17(2)3)16-19-7-5-6-8-19/h9-12,17,19,21H,4-8,13-16H2,1-3H3,(H,25,26). The van der Waals surface area contributed by atoms with Gasteiger partial charge in [-0.15, -0.1) is 0 Å². The van der Waals surface area contributed by atoms with Crippen LogP contribution in [-0.2, 0) is 20.7 Å². The Bertz CT molecular complexity index is 654. The van der Waals surface area contributed by atoms with E-state index in [1.165, 1.54) is 12.8 Å². The van der Waals surface area contributed by atoms with E-state index in [0.717, 1.165) is 18.4 Å². The second-order valence-corrected chi connectivity index (χ2v) is 8.01. The minimum atomic E-state index is -0.965. The van der Waals surface area contributed by atoms with E-state index in [1.54, 1.807) is 11.8 Å². The molecule has 1 N–H and O–H groups in total. The SMILES string of the molecule is CCOC(Cc1ccc(OCCN(CC2CCCC2)C(=O)OC(C)C)cc1)C(=O)O. The van der Waals surface area contributed by atoms with Crippen molar-refractivity contribution < 1.29 is 28.9 Å². The van der Waals surface area contributed by atoms with Crippen LogP contribution >= 0.6 is 0 Å². The average molecular weight is 422 g/mol. The zero-order valence-corrected chi connectivity index (χ0v) is 18.3. The molecule has 1 unspecified atom stereocenters. The average Bonchev–Trinajstić information content (AvgIpc) is 3.20. The van der Waals surface area contributed by atoms with E-state index < -0.39 is 12.1 Å². The normalized spacial score (nSPS) is 15.2. The molecule has 30 heavy (non-hydrogen) atoms. The fourth-order valence-electron chi connectivity index (χ4n) is 3.67.